The fourth-order valence-corrected chi connectivity index (χ4v) is 3.56. The maximum Gasteiger partial charge on any atom is 0.268 e. The lowest BCUT2D eigenvalue weighted by Crippen LogP contribution is -2.47. The number of nitrogens with one attached hydrogen (secondary N) is 1. The van der Waals surface area contributed by atoms with Crippen LogP contribution >= 0.6 is 0 Å². The second-order valence-electron chi connectivity index (χ2n) is 7.81. The van der Waals surface area contributed by atoms with E-state index in [9.17, 15) is 9.32 Å². The Bertz CT molecular complexity index is 1110. The third-order valence-corrected chi connectivity index (χ3v) is 6.90. The van der Waals surface area contributed by atoms with Gasteiger partial charge in [-0.05, 0) is 60.7 Å². The van der Waals surface area contributed by atoms with E-state index in [0.717, 1.165) is 55.2 Å². The van der Waals surface area contributed by atoms with E-state index in [-0.39, 0.29) is 5.60 Å². The highest BCUT2D eigenvalue weighted by atomic mass is 32.9. The lowest BCUT2D eigenvalue weighted by molar-refractivity contribution is -0.0582. The summed E-state index contributed by atoms with van der Waals surface area (Å²) in [6.07, 6.45) is 2.12. The van der Waals surface area contributed by atoms with E-state index in [2.05, 4.69) is 50.0 Å². The Hall–Kier alpha value is -1.85. The molecule has 7 nitrogen and oxygen atoms in total. The fourth-order valence-electron chi connectivity index (χ4n) is 3.43. The molecule has 182 valence electrons. The van der Waals surface area contributed by atoms with Crippen LogP contribution < -0.4 is 11.1 Å². The van der Waals surface area contributed by atoms with Gasteiger partial charge >= 0.3 is 0 Å². The quantitative estimate of drug-likeness (QED) is 0.462. The number of nitrogens with two attached hydrogens (primary N) is 1. The third kappa shape index (κ3) is 8.78. The molecule has 0 aliphatic carbocycles. The van der Waals surface area contributed by atoms with Crippen molar-refractivity contribution in [1.29, 1.82) is 0 Å². The van der Waals surface area contributed by atoms with Crippen molar-refractivity contribution in [1.82, 2.24) is 5.32 Å². The Labute approximate surface area is 201 Å². The van der Waals surface area contributed by atoms with Crippen molar-refractivity contribution in [3.8, 4) is 5.75 Å². The molecule has 1 atom stereocenters. The maximum atomic E-state index is 10.3. The van der Waals surface area contributed by atoms with Crippen molar-refractivity contribution < 1.29 is 22.4 Å². The van der Waals surface area contributed by atoms with E-state index >= 15 is 0 Å². The first-order valence-electron chi connectivity index (χ1n) is 10.7. The van der Waals surface area contributed by atoms with Gasteiger partial charge in [-0.3, -0.25) is 8.37 Å². The van der Waals surface area contributed by atoms with E-state index in [1.54, 1.807) is 6.07 Å². The highest BCUT2D eigenvalue weighted by molar-refractivity contribution is 8.27. The van der Waals surface area contributed by atoms with Crippen LogP contribution in [0, 0.1) is 0 Å². The van der Waals surface area contributed by atoms with Gasteiger partial charge in [0, 0.05) is 29.7 Å². The predicted molar refractivity (Wildman–Crippen MR) is 138 cm³/mol. The summed E-state index contributed by atoms with van der Waals surface area (Å²) in [5.41, 5.74) is 5.47. The summed E-state index contributed by atoms with van der Waals surface area (Å²) in [5.74, 6) is 0.346. The summed E-state index contributed by atoms with van der Waals surface area (Å²) >= 11 is 4.23. The molecule has 1 saturated heterocycles. The Morgan fingerprint density at radius 1 is 1.12 bits per heavy atom. The number of hydrogen-bond acceptors (Lipinski definition) is 8. The van der Waals surface area contributed by atoms with Gasteiger partial charge in [0.25, 0.3) is 9.05 Å². The van der Waals surface area contributed by atoms with Crippen LogP contribution in [0.15, 0.2) is 54.6 Å². The third-order valence-electron chi connectivity index (χ3n) is 5.27. The van der Waals surface area contributed by atoms with Gasteiger partial charge < -0.3 is 20.9 Å². The van der Waals surface area contributed by atoms with Crippen LogP contribution in [-0.4, -0.2) is 55.4 Å². The average Bonchev–Trinajstić information content (AvgIpc) is 2.83. The molecule has 3 aromatic rings. The number of morpholine rings is 1. The molecule has 0 amide bonds. The number of hydrogen-bond donors (Lipinski definition) is 3. The molecule has 3 aromatic carbocycles. The van der Waals surface area contributed by atoms with E-state index in [0.29, 0.717) is 5.75 Å². The van der Waals surface area contributed by atoms with E-state index < -0.39 is 9.05 Å². The van der Waals surface area contributed by atoms with Gasteiger partial charge in [0.2, 0.25) is 0 Å². The number of phenolic OH excluding ortho intramolecular Hbond substituents is 1. The summed E-state index contributed by atoms with van der Waals surface area (Å²) in [6, 6.07) is 17.9. The van der Waals surface area contributed by atoms with Crippen molar-refractivity contribution in [2.45, 2.75) is 25.4 Å². The molecule has 1 heterocycles. The van der Waals surface area contributed by atoms with Crippen LogP contribution in [-0.2, 0) is 33.3 Å². The van der Waals surface area contributed by atoms with Gasteiger partial charge in [0.05, 0.1) is 26.4 Å². The van der Waals surface area contributed by atoms with Gasteiger partial charge in [-0.15, -0.1) is 0 Å². The highest BCUT2D eigenvalue weighted by Gasteiger charge is 2.26. The second kappa shape index (κ2) is 13.1. The van der Waals surface area contributed by atoms with Gasteiger partial charge in [0.15, 0.2) is 0 Å². The van der Waals surface area contributed by atoms with Crippen LogP contribution in [0.2, 0.25) is 0 Å². The van der Waals surface area contributed by atoms with E-state index in [1.165, 1.54) is 19.6 Å². The Balaban J connectivity index is 0.000000190. The molecule has 1 aliphatic rings. The Kier molecular flexibility index (Phi) is 10.9. The van der Waals surface area contributed by atoms with Crippen molar-refractivity contribution >= 4 is 41.8 Å². The fraction of sp³-hybridized carbons (Fsp3) is 0.417. The maximum absolute atomic E-state index is 10.3. The average molecular weight is 495 g/mol. The number of ether oxygens (including phenoxy) is 1. The molecule has 0 saturated carbocycles. The number of phenols is 1. The second-order valence-corrected chi connectivity index (χ2v) is 10.5. The molecule has 4 N–H and O–H groups in total. The molecule has 0 aromatic heterocycles. The Morgan fingerprint density at radius 3 is 2.30 bits per heavy atom. The number of fused-ring (bicyclic) bond motifs is 2. The van der Waals surface area contributed by atoms with Gasteiger partial charge in [-0.25, -0.2) is 0 Å². The summed E-state index contributed by atoms with van der Waals surface area (Å²) in [5, 5.41) is 17.4. The first kappa shape index (κ1) is 27.4. The standard InChI is InChI=1S/C14H10O.C8H18N2O.C2H6O3S2/c15-14-7-3-6-12-8-10-4-1-2-5-11(10)9-13(12)14;1-8(3-2-4-9)7-10-5-6-11-8;1-4-7(3,6)5-2/h1-9,15H;10H,2-7,9H2,1H3;1-2H3. The zero-order chi connectivity index (χ0) is 24.3. The minimum absolute atomic E-state index is 0.0393. The lowest BCUT2D eigenvalue weighted by atomic mass is 9.99. The minimum Gasteiger partial charge on any atom is -0.507 e. The first-order valence-corrected chi connectivity index (χ1v) is 13.1. The van der Waals surface area contributed by atoms with Crippen molar-refractivity contribution in [3.63, 3.8) is 0 Å². The van der Waals surface area contributed by atoms with Crippen molar-refractivity contribution in [2.24, 2.45) is 5.73 Å². The van der Waals surface area contributed by atoms with Crippen molar-refractivity contribution in [3.05, 3.63) is 54.6 Å². The molecule has 1 unspecified atom stereocenters. The Morgan fingerprint density at radius 2 is 1.76 bits per heavy atom. The van der Waals surface area contributed by atoms with Crippen LogP contribution in [0.5, 0.6) is 5.75 Å². The normalized spacial score (nSPS) is 18.2. The summed E-state index contributed by atoms with van der Waals surface area (Å²) in [6.45, 7) is 5.69. The molecular formula is C24H34N2O5S2. The predicted octanol–water partition coefficient (Wildman–Crippen LogP) is 3.66. The van der Waals surface area contributed by atoms with Gasteiger partial charge in [0.1, 0.15) is 5.75 Å². The molecule has 0 spiro atoms. The van der Waals surface area contributed by atoms with Crippen LogP contribution in [0.1, 0.15) is 19.8 Å². The SMILES string of the molecule is CC1(CCCN)CNCCO1.COS(=O)(=S)OC.Oc1cccc2cc3ccccc3cc12. The summed E-state index contributed by atoms with van der Waals surface area (Å²) in [7, 11) is -0.354. The molecule has 9 heteroatoms. The van der Waals surface area contributed by atoms with E-state index in [1.807, 2.05) is 30.3 Å². The van der Waals surface area contributed by atoms with Crippen molar-refractivity contribution in [2.75, 3.05) is 40.5 Å². The van der Waals surface area contributed by atoms with E-state index in [4.69, 9.17) is 10.5 Å². The number of benzene rings is 3. The molecule has 0 radical (unpaired) electrons. The smallest absolute Gasteiger partial charge is 0.268 e. The van der Waals surface area contributed by atoms with Crippen LogP contribution in [0.25, 0.3) is 21.5 Å². The molecular weight excluding hydrogens is 460 g/mol. The minimum atomic E-state index is -2.82. The lowest BCUT2D eigenvalue weighted by Gasteiger charge is -2.34. The molecule has 1 aliphatic heterocycles. The largest absolute Gasteiger partial charge is 0.507 e. The van der Waals surface area contributed by atoms with Gasteiger partial charge in [-0.2, -0.15) is 4.21 Å². The first-order chi connectivity index (χ1) is 15.7. The molecule has 4 rings (SSSR count). The topological polar surface area (TPSA) is 103 Å². The summed E-state index contributed by atoms with van der Waals surface area (Å²) in [4.78, 5) is 0. The van der Waals surface area contributed by atoms with Gasteiger partial charge in [-0.1, -0.05) is 36.4 Å². The van der Waals surface area contributed by atoms with Crippen LogP contribution in [0.4, 0.5) is 0 Å². The zero-order valence-electron chi connectivity index (χ0n) is 19.4. The monoisotopic (exact) mass is 494 g/mol. The summed E-state index contributed by atoms with van der Waals surface area (Å²) < 4.78 is 24.4. The zero-order valence-corrected chi connectivity index (χ0v) is 21.0. The number of aromatic hydroxyl groups is 1. The van der Waals surface area contributed by atoms with Crippen LogP contribution in [0.3, 0.4) is 0 Å². The molecule has 1 fully saturated rings. The highest BCUT2D eigenvalue weighted by Crippen LogP contribution is 2.28. The molecule has 0 bridgehead atoms. The number of rotatable bonds is 5. The molecule has 33 heavy (non-hydrogen) atoms.